The van der Waals surface area contributed by atoms with E-state index in [1.165, 1.54) is 6.92 Å². The molecule has 0 aliphatic heterocycles. The van der Waals surface area contributed by atoms with Gasteiger partial charge in [0.25, 0.3) is 0 Å². The van der Waals surface area contributed by atoms with E-state index >= 15 is 0 Å². The van der Waals surface area contributed by atoms with Crippen molar-refractivity contribution in [2.24, 2.45) is 11.8 Å². The van der Waals surface area contributed by atoms with Crippen molar-refractivity contribution in [2.45, 2.75) is 47.0 Å². The van der Waals surface area contributed by atoms with Gasteiger partial charge in [0, 0.05) is 6.42 Å². The van der Waals surface area contributed by atoms with Crippen LogP contribution in [0.1, 0.15) is 47.0 Å². The first-order valence-corrected chi connectivity index (χ1v) is 5.02. The molecule has 0 amide bonds. The Labute approximate surface area is 80.7 Å². The van der Waals surface area contributed by atoms with Crippen LogP contribution in [0.5, 0.6) is 0 Å². The van der Waals surface area contributed by atoms with Gasteiger partial charge >= 0.3 is 0 Å². The molecule has 0 bridgehead atoms. The molecule has 0 aromatic rings. The molecule has 0 rings (SSSR count). The van der Waals surface area contributed by atoms with Crippen LogP contribution >= 0.6 is 0 Å². The van der Waals surface area contributed by atoms with E-state index in [9.17, 15) is 9.59 Å². The van der Waals surface area contributed by atoms with E-state index in [-0.39, 0.29) is 17.5 Å². The van der Waals surface area contributed by atoms with E-state index in [1.54, 1.807) is 0 Å². The molecule has 0 aromatic carbocycles. The van der Waals surface area contributed by atoms with Crippen LogP contribution in [0, 0.1) is 11.8 Å². The van der Waals surface area contributed by atoms with Crippen LogP contribution in [0.2, 0.25) is 0 Å². The topological polar surface area (TPSA) is 34.1 Å². The van der Waals surface area contributed by atoms with E-state index in [4.69, 9.17) is 0 Å². The molecule has 0 radical (unpaired) electrons. The highest BCUT2D eigenvalue weighted by atomic mass is 16.1. The Kier molecular flexibility index (Phi) is 5.60. The molecule has 0 fully saturated rings. The number of ketones is 2. The van der Waals surface area contributed by atoms with Gasteiger partial charge in [-0.05, 0) is 25.7 Å². The highest BCUT2D eigenvalue weighted by Gasteiger charge is 2.20. The van der Waals surface area contributed by atoms with Crippen LogP contribution in [-0.2, 0) is 9.59 Å². The van der Waals surface area contributed by atoms with Gasteiger partial charge < -0.3 is 0 Å². The Hall–Kier alpha value is -0.660. The van der Waals surface area contributed by atoms with Gasteiger partial charge in [-0.15, -0.1) is 0 Å². The first-order chi connectivity index (χ1) is 5.99. The van der Waals surface area contributed by atoms with E-state index in [1.807, 2.05) is 6.92 Å². The molecular weight excluding hydrogens is 164 g/mol. The Bertz CT molecular complexity index is 183. The van der Waals surface area contributed by atoms with Gasteiger partial charge in [0.05, 0.1) is 5.92 Å². The average molecular weight is 184 g/mol. The van der Waals surface area contributed by atoms with Crippen molar-refractivity contribution in [3.05, 3.63) is 0 Å². The quantitative estimate of drug-likeness (QED) is 0.595. The lowest BCUT2D eigenvalue weighted by Crippen LogP contribution is -2.21. The molecular formula is C11H20O2. The van der Waals surface area contributed by atoms with Gasteiger partial charge in [0.2, 0.25) is 0 Å². The summed E-state index contributed by atoms with van der Waals surface area (Å²) in [5.74, 6) is 0.312. The second-order valence-electron chi connectivity index (χ2n) is 3.97. The smallest absolute Gasteiger partial charge is 0.143 e. The van der Waals surface area contributed by atoms with Crippen LogP contribution < -0.4 is 0 Å². The fourth-order valence-electron chi connectivity index (χ4n) is 1.35. The summed E-state index contributed by atoms with van der Waals surface area (Å²) in [6.07, 6.45) is 2.09. The molecule has 0 aliphatic carbocycles. The van der Waals surface area contributed by atoms with Crippen molar-refractivity contribution in [3.63, 3.8) is 0 Å². The molecule has 0 aromatic heterocycles. The molecule has 0 saturated heterocycles. The van der Waals surface area contributed by atoms with E-state index in [2.05, 4.69) is 13.8 Å². The summed E-state index contributed by atoms with van der Waals surface area (Å²) in [5.41, 5.74) is 0. The summed E-state index contributed by atoms with van der Waals surface area (Å²) >= 11 is 0. The molecule has 76 valence electrons. The highest BCUT2D eigenvalue weighted by molar-refractivity contribution is 6.01. The average Bonchev–Trinajstić information content (AvgIpc) is 2.01. The van der Waals surface area contributed by atoms with Crippen LogP contribution in [0.15, 0.2) is 0 Å². The Balaban J connectivity index is 4.00. The maximum atomic E-state index is 11.5. The minimum atomic E-state index is -0.348. The predicted molar refractivity (Wildman–Crippen MR) is 53.5 cm³/mol. The third-order valence-corrected chi connectivity index (χ3v) is 2.26. The lowest BCUT2D eigenvalue weighted by Gasteiger charge is -2.10. The van der Waals surface area contributed by atoms with Gasteiger partial charge in [0.15, 0.2) is 0 Å². The van der Waals surface area contributed by atoms with E-state index < -0.39 is 0 Å². The summed E-state index contributed by atoms with van der Waals surface area (Å²) in [5, 5.41) is 0. The van der Waals surface area contributed by atoms with Crippen molar-refractivity contribution in [1.29, 1.82) is 0 Å². The summed E-state index contributed by atoms with van der Waals surface area (Å²) in [6, 6.07) is 0. The second-order valence-corrected chi connectivity index (χ2v) is 3.97. The maximum Gasteiger partial charge on any atom is 0.143 e. The lowest BCUT2D eigenvalue weighted by molar-refractivity contribution is -0.131. The largest absolute Gasteiger partial charge is 0.299 e. The first kappa shape index (κ1) is 12.3. The minimum Gasteiger partial charge on any atom is -0.299 e. The van der Waals surface area contributed by atoms with Crippen molar-refractivity contribution in [3.8, 4) is 0 Å². The second kappa shape index (κ2) is 5.90. The molecule has 0 saturated carbocycles. The molecule has 13 heavy (non-hydrogen) atoms. The Morgan fingerprint density at radius 1 is 1.23 bits per heavy atom. The molecule has 1 atom stereocenters. The molecule has 0 spiro atoms. The maximum absolute atomic E-state index is 11.5. The highest BCUT2D eigenvalue weighted by Crippen LogP contribution is 2.12. The van der Waals surface area contributed by atoms with Crippen molar-refractivity contribution in [2.75, 3.05) is 0 Å². The van der Waals surface area contributed by atoms with Gasteiger partial charge in [-0.2, -0.15) is 0 Å². The third kappa shape index (κ3) is 4.81. The van der Waals surface area contributed by atoms with E-state index in [0.717, 1.165) is 6.42 Å². The minimum absolute atomic E-state index is 0.0104. The Morgan fingerprint density at radius 2 is 1.77 bits per heavy atom. The number of rotatable bonds is 6. The standard InChI is InChI=1S/C11H20O2/c1-5-10(9(4)12)11(13)7-6-8(2)3/h8,10H,5-7H2,1-4H3. The predicted octanol–water partition coefficient (Wildman–Crippen LogP) is 2.61. The first-order valence-electron chi connectivity index (χ1n) is 5.02. The lowest BCUT2D eigenvalue weighted by atomic mass is 9.92. The third-order valence-electron chi connectivity index (χ3n) is 2.26. The van der Waals surface area contributed by atoms with Crippen molar-refractivity contribution < 1.29 is 9.59 Å². The summed E-state index contributed by atoms with van der Waals surface area (Å²) in [6.45, 7) is 7.56. The molecule has 0 aliphatic rings. The number of carbonyl (C=O) groups is 2. The SMILES string of the molecule is CCC(C(C)=O)C(=O)CCC(C)C. The van der Waals surface area contributed by atoms with Crippen LogP contribution in [0.25, 0.3) is 0 Å². The zero-order valence-electron chi connectivity index (χ0n) is 9.09. The van der Waals surface area contributed by atoms with Gasteiger partial charge in [-0.3, -0.25) is 9.59 Å². The number of hydrogen-bond donors (Lipinski definition) is 0. The zero-order chi connectivity index (χ0) is 10.4. The van der Waals surface area contributed by atoms with Gasteiger partial charge in [-0.1, -0.05) is 20.8 Å². The van der Waals surface area contributed by atoms with Crippen LogP contribution in [0.4, 0.5) is 0 Å². The van der Waals surface area contributed by atoms with E-state index in [0.29, 0.717) is 18.8 Å². The molecule has 0 N–H and O–H groups in total. The molecule has 1 unspecified atom stereocenters. The summed E-state index contributed by atoms with van der Waals surface area (Å²) in [4.78, 5) is 22.5. The molecule has 2 nitrogen and oxygen atoms in total. The number of hydrogen-bond acceptors (Lipinski definition) is 2. The van der Waals surface area contributed by atoms with Crippen LogP contribution in [-0.4, -0.2) is 11.6 Å². The zero-order valence-corrected chi connectivity index (χ0v) is 9.09. The molecule has 0 heterocycles. The molecule has 2 heteroatoms. The Morgan fingerprint density at radius 3 is 2.08 bits per heavy atom. The fraction of sp³-hybridized carbons (Fsp3) is 0.818. The summed E-state index contributed by atoms with van der Waals surface area (Å²) < 4.78 is 0. The van der Waals surface area contributed by atoms with Crippen molar-refractivity contribution >= 4 is 11.6 Å². The number of Topliss-reactive ketones (excluding diaryl/α,β-unsaturated/α-hetero) is 2. The normalized spacial score (nSPS) is 13.0. The number of carbonyl (C=O) groups excluding carboxylic acids is 2. The van der Waals surface area contributed by atoms with Gasteiger partial charge in [0.1, 0.15) is 11.6 Å². The summed E-state index contributed by atoms with van der Waals surface area (Å²) in [7, 11) is 0. The van der Waals surface area contributed by atoms with Crippen LogP contribution in [0.3, 0.4) is 0 Å². The van der Waals surface area contributed by atoms with Crippen molar-refractivity contribution in [1.82, 2.24) is 0 Å². The van der Waals surface area contributed by atoms with Gasteiger partial charge in [-0.25, -0.2) is 0 Å². The fourth-order valence-corrected chi connectivity index (χ4v) is 1.35. The monoisotopic (exact) mass is 184 g/mol.